The largest absolute Gasteiger partial charge is 0.381 e. The number of carbonyl (C=O) groups is 1. The molecule has 208 valence electrons. The first-order chi connectivity index (χ1) is 19.6. The average molecular weight is 542 g/mol. The number of ether oxygens (including phenoxy) is 1. The molecule has 11 nitrogen and oxygen atoms in total. The smallest absolute Gasteiger partial charge is 0.315 e. The summed E-state index contributed by atoms with van der Waals surface area (Å²) in [4.78, 5) is 21.6. The molecule has 2 saturated carbocycles. The van der Waals surface area contributed by atoms with E-state index in [-0.39, 0.29) is 24.2 Å². The quantitative estimate of drug-likeness (QED) is 0.283. The Bertz CT molecular complexity index is 1350. The highest BCUT2D eigenvalue weighted by molar-refractivity contribution is 5.74. The number of carbonyl (C=O) groups excluding carboxylic acids is 1. The third kappa shape index (κ3) is 6.34. The van der Waals surface area contributed by atoms with Crippen molar-refractivity contribution in [3.8, 4) is 6.07 Å². The maximum Gasteiger partial charge on any atom is 0.315 e. The summed E-state index contributed by atoms with van der Waals surface area (Å²) in [7, 11) is 0. The Hall–Kier alpha value is -4.17. The molecular weight excluding hydrogens is 506 g/mol. The van der Waals surface area contributed by atoms with Crippen molar-refractivity contribution in [1.82, 2.24) is 30.8 Å². The average Bonchev–Trinajstić information content (AvgIpc) is 3.64. The normalized spacial score (nSPS) is 25.8. The summed E-state index contributed by atoms with van der Waals surface area (Å²) in [6.07, 6.45) is 8.22. The molecule has 3 aromatic rings. The van der Waals surface area contributed by atoms with Crippen LogP contribution in [0, 0.1) is 11.3 Å². The maximum absolute atomic E-state index is 12.6. The third-order valence-corrected chi connectivity index (χ3v) is 8.23. The molecule has 0 bridgehead atoms. The van der Waals surface area contributed by atoms with Crippen molar-refractivity contribution in [2.45, 2.75) is 74.9 Å². The highest BCUT2D eigenvalue weighted by atomic mass is 16.5. The Kier molecular flexibility index (Phi) is 7.77. The van der Waals surface area contributed by atoms with Crippen molar-refractivity contribution >= 4 is 23.6 Å². The molecule has 2 amide bonds. The number of H-pyrrole nitrogens is 1. The summed E-state index contributed by atoms with van der Waals surface area (Å²) in [5.74, 6) is 2.76. The van der Waals surface area contributed by atoms with Gasteiger partial charge >= 0.3 is 6.03 Å². The van der Waals surface area contributed by atoms with Gasteiger partial charge < -0.3 is 26.0 Å². The van der Waals surface area contributed by atoms with Gasteiger partial charge in [0.15, 0.2) is 5.82 Å². The second-order valence-corrected chi connectivity index (χ2v) is 11.1. The van der Waals surface area contributed by atoms with Crippen LogP contribution in [0.3, 0.4) is 0 Å². The first-order valence-electron chi connectivity index (χ1n) is 14.2. The number of anilines is 3. The monoisotopic (exact) mass is 541 g/mol. The highest BCUT2D eigenvalue weighted by Crippen LogP contribution is 2.37. The number of aromatic amines is 1. The van der Waals surface area contributed by atoms with Crippen molar-refractivity contribution in [1.29, 1.82) is 5.26 Å². The number of nitriles is 1. The number of nitrogens with one attached hydrogen (secondary N) is 5. The molecule has 0 spiro atoms. The maximum atomic E-state index is 12.6. The zero-order valence-corrected chi connectivity index (χ0v) is 22.4. The minimum Gasteiger partial charge on any atom is -0.381 e. The van der Waals surface area contributed by atoms with Crippen LogP contribution in [0.1, 0.15) is 73.6 Å². The molecule has 1 aromatic carbocycles. The van der Waals surface area contributed by atoms with E-state index in [1.807, 2.05) is 30.3 Å². The van der Waals surface area contributed by atoms with Gasteiger partial charge in [-0.1, -0.05) is 12.1 Å². The van der Waals surface area contributed by atoms with Gasteiger partial charge in [0, 0.05) is 48.6 Å². The summed E-state index contributed by atoms with van der Waals surface area (Å²) in [6.45, 7) is 1.52. The van der Waals surface area contributed by atoms with Gasteiger partial charge in [0.1, 0.15) is 5.82 Å². The highest BCUT2D eigenvalue weighted by Gasteiger charge is 2.32. The Morgan fingerprint density at radius 2 is 1.80 bits per heavy atom. The molecule has 1 saturated heterocycles. The molecule has 1 unspecified atom stereocenters. The molecule has 11 heteroatoms. The Morgan fingerprint density at radius 1 is 0.975 bits per heavy atom. The van der Waals surface area contributed by atoms with Gasteiger partial charge in [-0.3, -0.25) is 5.10 Å². The van der Waals surface area contributed by atoms with Gasteiger partial charge in [0.25, 0.3) is 0 Å². The Morgan fingerprint density at radius 3 is 2.60 bits per heavy atom. The van der Waals surface area contributed by atoms with Crippen molar-refractivity contribution in [2.24, 2.45) is 0 Å². The third-order valence-electron chi connectivity index (χ3n) is 8.23. The van der Waals surface area contributed by atoms with E-state index >= 15 is 0 Å². The summed E-state index contributed by atoms with van der Waals surface area (Å²) in [5.41, 5.74) is 2.94. The topological polar surface area (TPSA) is 153 Å². The molecule has 3 heterocycles. The number of hydrogen-bond donors (Lipinski definition) is 5. The fourth-order valence-corrected chi connectivity index (χ4v) is 5.87. The van der Waals surface area contributed by atoms with Crippen molar-refractivity contribution < 1.29 is 9.53 Å². The lowest BCUT2D eigenvalue weighted by atomic mass is 9.75. The number of aromatic nitrogens is 4. The van der Waals surface area contributed by atoms with Crippen LogP contribution >= 0.6 is 0 Å². The molecule has 3 fully saturated rings. The van der Waals surface area contributed by atoms with Gasteiger partial charge in [-0.25, -0.2) is 9.78 Å². The zero-order valence-electron chi connectivity index (χ0n) is 22.4. The number of hydrogen-bond acceptors (Lipinski definition) is 8. The first-order valence-corrected chi connectivity index (χ1v) is 14.2. The lowest BCUT2D eigenvalue weighted by Crippen LogP contribution is -2.51. The SMILES string of the molecule is N#Cc1cccc(C2CC(NC(=O)NC3CCC(Nc4nccc(Nc5cc(C6CCOC6)[nH]n5)n4)CC3)C2)c1. The van der Waals surface area contributed by atoms with Crippen molar-refractivity contribution in [3.63, 3.8) is 0 Å². The van der Waals surface area contributed by atoms with Crippen LogP contribution in [-0.4, -0.2) is 57.5 Å². The van der Waals surface area contributed by atoms with Crippen LogP contribution in [0.2, 0.25) is 0 Å². The number of rotatable bonds is 8. The lowest BCUT2D eigenvalue weighted by Gasteiger charge is -2.37. The summed E-state index contributed by atoms with van der Waals surface area (Å²) >= 11 is 0. The van der Waals surface area contributed by atoms with E-state index in [0.717, 1.165) is 69.7 Å². The summed E-state index contributed by atoms with van der Waals surface area (Å²) < 4.78 is 5.47. The molecular formula is C29H35N9O2. The molecule has 5 N–H and O–H groups in total. The van der Waals surface area contributed by atoms with E-state index < -0.39 is 0 Å². The van der Waals surface area contributed by atoms with Crippen LogP contribution < -0.4 is 21.3 Å². The fraction of sp³-hybridized carbons (Fsp3) is 0.483. The summed E-state index contributed by atoms with van der Waals surface area (Å²) in [5, 5.41) is 29.5. The van der Waals surface area contributed by atoms with Gasteiger partial charge in [-0.05, 0) is 74.6 Å². The van der Waals surface area contributed by atoms with E-state index in [1.165, 1.54) is 5.56 Å². The minimum absolute atomic E-state index is 0.0882. The molecule has 6 rings (SSSR count). The van der Waals surface area contributed by atoms with E-state index in [2.05, 4.69) is 53.6 Å². The molecule has 2 aromatic heterocycles. The molecule has 2 aliphatic carbocycles. The second-order valence-electron chi connectivity index (χ2n) is 11.1. The van der Waals surface area contributed by atoms with E-state index in [9.17, 15) is 4.79 Å². The summed E-state index contributed by atoms with van der Waals surface area (Å²) in [6, 6.07) is 14.3. The first kappa shape index (κ1) is 26.1. The molecule has 1 atom stereocenters. The van der Waals surface area contributed by atoms with Crippen LogP contribution in [0.5, 0.6) is 0 Å². The minimum atomic E-state index is -0.0882. The number of urea groups is 1. The lowest BCUT2D eigenvalue weighted by molar-refractivity contribution is 0.193. The zero-order chi connectivity index (χ0) is 27.3. The molecule has 40 heavy (non-hydrogen) atoms. The van der Waals surface area contributed by atoms with Gasteiger partial charge in [0.2, 0.25) is 5.95 Å². The Labute approximate surface area is 233 Å². The van der Waals surface area contributed by atoms with E-state index in [1.54, 1.807) is 6.20 Å². The number of amides is 2. The van der Waals surface area contributed by atoms with Gasteiger partial charge in [-0.15, -0.1) is 0 Å². The van der Waals surface area contributed by atoms with Crippen LogP contribution in [0.4, 0.5) is 22.4 Å². The van der Waals surface area contributed by atoms with Crippen LogP contribution in [0.15, 0.2) is 42.6 Å². The van der Waals surface area contributed by atoms with Crippen LogP contribution in [0.25, 0.3) is 0 Å². The molecule has 3 aliphatic rings. The van der Waals surface area contributed by atoms with Gasteiger partial charge in [-0.2, -0.15) is 15.3 Å². The van der Waals surface area contributed by atoms with Crippen molar-refractivity contribution in [2.75, 3.05) is 23.8 Å². The molecule has 0 radical (unpaired) electrons. The fourth-order valence-electron chi connectivity index (χ4n) is 5.87. The second kappa shape index (κ2) is 11.9. The Balaban J connectivity index is 0.913. The predicted octanol–water partition coefficient (Wildman–Crippen LogP) is 4.29. The predicted molar refractivity (Wildman–Crippen MR) is 150 cm³/mol. The van der Waals surface area contributed by atoms with E-state index in [0.29, 0.717) is 29.2 Å². The van der Waals surface area contributed by atoms with Gasteiger partial charge in [0.05, 0.1) is 18.2 Å². The van der Waals surface area contributed by atoms with Crippen LogP contribution in [-0.2, 0) is 4.74 Å². The number of nitrogens with zero attached hydrogens (tertiary/aromatic N) is 4. The molecule has 1 aliphatic heterocycles. The van der Waals surface area contributed by atoms with Crippen molar-refractivity contribution in [3.05, 3.63) is 59.4 Å². The number of benzene rings is 1. The standard InChI is InChI=1S/C29H35N9O2/c30-16-18-2-1-3-19(12-18)21-13-24(14-21)34-29(39)33-23-6-4-22(5-7-23)32-28-31-10-8-26(36-28)35-27-15-25(37-38-27)20-9-11-40-17-20/h1-3,8,10,12,15,20-24H,4-7,9,11,13-14,17H2,(H2,33,34,39)(H3,31,32,35,36,37,38). The van der Waals surface area contributed by atoms with E-state index in [4.69, 9.17) is 10.00 Å².